The lowest BCUT2D eigenvalue weighted by atomic mass is 9.89. The molecule has 1 aliphatic carbocycles. The van der Waals surface area contributed by atoms with Crippen LogP contribution in [0.4, 0.5) is 0 Å². The van der Waals surface area contributed by atoms with Crippen LogP contribution in [0.1, 0.15) is 39.3 Å². The fraction of sp³-hybridized carbons (Fsp3) is 0.263. The van der Waals surface area contributed by atoms with E-state index in [0.29, 0.717) is 16.3 Å². The van der Waals surface area contributed by atoms with Gasteiger partial charge >= 0.3 is 0 Å². The molecule has 1 amide bonds. The van der Waals surface area contributed by atoms with Gasteiger partial charge in [-0.15, -0.1) is 11.3 Å². The number of amides is 1. The third kappa shape index (κ3) is 2.41. The number of aryl methyl sites for hydroxylation is 3. The zero-order valence-electron chi connectivity index (χ0n) is 13.4. The Labute approximate surface area is 149 Å². The van der Waals surface area contributed by atoms with Crippen molar-refractivity contribution in [2.75, 3.05) is 0 Å². The molecule has 2 heterocycles. The molecule has 0 fully saturated rings. The summed E-state index contributed by atoms with van der Waals surface area (Å²) < 4.78 is 0. The molecule has 4 rings (SSSR count). The number of nitrogens with two attached hydrogens (primary N) is 1. The van der Waals surface area contributed by atoms with Crippen LogP contribution in [-0.2, 0) is 12.8 Å². The van der Waals surface area contributed by atoms with Gasteiger partial charge in [0.1, 0.15) is 4.83 Å². The quantitative estimate of drug-likeness (QED) is 0.709. The smallest absolute Gasteiger partial charge is 0.251 e. The van der Waals surface area contributed by atoms with E-state index >= 15 is 0 Å². The highest BCUT2D eigenvalue weighted by Crippen LogP contribution is 2.43. The highest BCUT2D eigenvalue weighted by atomic mass is 35.5. The molecule has 0 bridgehead atoms. The first-order chi connectivity index (χ1) is 11.6. The molecule has 2 N–H and O–H groups in total. The summed E-state index contributed by atoms with van der Waals surface area (Å²) in [6.07, 6.45) is 4.54. The highest BCUT2D eigenvalue weighted by molar-refractivity contribution is 7.19. The molecule has 2 aromatic heterocycles. The summed E-state index contributed by atoms with van der Waals surface area (Å²) in [6, 6.07) is 7.61. The molecular weight excluding hydrogens is 340 g/mol. The van der Waals surface area contributed by atoms with Crippen LogP contribution >= 0.6 is 22.9 Å². The van der Waals surface area contributed by atoms with E-state index in [2.05, 4.69) is 0 Å². The Morgan fingerprint density at radius 3 is 2.62 bits per heavy atom. The molecule has 0 unspecified atom stereocenters. The molecule has 0 spiro atoms. The molecule has 0 saturated carbocycles. The average molecular weight is 357 g/mol. The predicted octanol–water partition coefficient (Wildman–Crippen LogP) is 4.90. The van der Waals surface area contributed by atoms with Gasteiger partial charge < -0.3 is 5.73 Å². The van der Waals surface area contributed by atoms with Crippen molar-refractivity contribution in [2.24, 2.45) is 5.73 Å². The molecule has 3 aromatic rings. The van der Waals surface area contributed by atoms with Crippen molar-refractivity contribution in [1.29, 1.82) is 0 Å². The van der Waals surface area contributed by atoms with Gasteiger partial charge in [-0.25, -0.2) is 4.98 Å². The van der Waals surface area contributed by atoms with Crippen LogP contribution in [0, 0.1) is 6.92 Å². The van der Waals surface area contributed by atoms with Crippen molar-refractivity contribution in [3.05, 3.63) is 51.0 Å². The number of pyridine rings is 1. The normalized spacial score (nSPS) is 13.9. The molecule has 3 nitrogen and oxygen atoms in total. The fourth-order valence-corrected chi connectivity index (χ4v) is 5.05. The summed E-state index contributed by atoms with van der Waals surface area (Å²) in [5, 5.41) is 1.78. The maximum Gasteiger partial charge on any atom is 0.251 e. The van der Waals surface area contributed by atoms with Crippen LogP contribution in [-0.4, -0.2) is 10.9 Å². The minimum atomic E-state index is -0.428. The predicted molar refractivity (Wildman–Crippen MR) is 100.0 cm³/mol. The Morgan fingerprint density at radius 1 is 1.21 bits per heavy atom. The summed E-state index contributed by atoms with van der Waals surface area (Å²) in [5.41, 5.74) is 10.2. The van der Waals surface area contributed by atoms with Gasteiger partial charge in [0.25, 0.3) is 5.91 Å². The Morgan fingerprint density at radius 2 is 1.92 bits per heavy atom. The number of fused-ring (bicyclic) bond motifs is 3. The third-order valence-corrected chi connectivity index (χ3v) is 6.10. The number of primary amides is 1. The van der Waals surface area contributed by atoms with Gasteiger partial charge in [-0.1, -0.05) is 23.7 Å². The maximum absolute atomic E-state index is 12.2. The monoisotopic (exact) mass is 356 g/mol. The maximum atomic E-state index is 12.2. The lowest BCUT2D eigenvalue weighted by Crippen LogP contribution is -2.15. The van der Waals surface area contributed by atoms with E-state index < -0.39 is 5.91 Å². The topological polar surface area (TPSA) is 56.0 Å². The number of carbonyl (C=O) groups is 1. The highest BCUT2D eigenvalue weighted by Gasteiger charge is 2.25. The third-order valence-electron chi connectivity index (χ3n) is 4.66. The van der Waals surface area contributed by atoms with Crippen LogP contribution in [0.2, 0.25) is 5.02 Å². The summed E-state index contributed by atoms with van der Waals surface area (Å²) in [6.45, 7) is 1.86. The van der Waals surface area contributed by atoms with Crippen molar-refractivity contribution in [3.63, 3.8) is 0 Å². The number of benzene rings is 1. The number of halogens is 1. The number of nitrogens with zero attached hydrogens (tertiary/aromatic N) is 1. The van der Waals surface area contributed by atoms with E-state index in [1.807, 2.05) is 31.2 Å². The lowest BCUT2D eigenvalue weighted by molar-refractivity contribution is 0.1000. The van der Waals surface area contributed by atoms with E-state index in [-0.39, 0.29) is 0 Å². The van der Waals surface area contributed by atoms with E-state index in [0.717, 1.165) is 34.2 Å². The standard InChI is InChI=1S/C19H17ClN2OS/c1-10-15(18(21)23)16(11-6-8-12(20)9-7-11)17-13-4-2-3-5-14(13)24-19(17)22-10/h6-9H,2-5H2,1H3,(H2,21,23). The van der Waals surface area contributed by atoms with Gasteiger partial charge in [-0.3, -0.25) is 4.79 Å². The van der Waals surface area contributed by atoms with Crippen LogP contribution in [0.25, 0.3) is 21.3 Å². The number of hydrogen-bond donors (Lipinski definition) is 1. The first-order valence-corrected chi connectivity index (χ1v) is 9.26. The fourth-order valence-electron chi connectivity index (χ4n) is 3.61. The van der Waals surface area contributed by atoms with Gasteiger partial charge in [0, 0.05) is 20.8 Å². The average Bonchev–Trinajstić information content (AvgIpc) is 2.92. The minimum absolute atomic E-state index is 0.428. The van der Waals surface area contributed by atoms with Gasteiger partial charge in [0.05, 0.1) is 11.3 Å². The Balaban J connectivity index is 2.13. The van der Waals surface area contributed by atoms with Gasteiger partial charge in [-0.05, 0) is 55.9 Å². The Bertz CT molecular complexity index is 960. The molecule has 0 radical (unpaired) electrons. The number of hydrogen-bond acceptors (Lipinski definition) is 3. The summed E-state index contributed by atoms with van der Waals surface area (Å²) in [4.78, 5) is 19.3. The van der Waals surface area contributed by atoms with Crippen LogP contribution in [0.5, 0.6) is 0 Å². The second kappa shape index (κ2) is 5.87. The molecule has 1 aliphatic rings. The number of rotatable bonds is 2. The molecule has 0 aliphatic heterocycles. The van der Waals surface area contributed by atoms with Crippen molar-refractivity contribution in [3.8, 4) is 11.1 Å². The van der Waals surface area contributed by atoms with Crippen molar-refractivity contribution in [2.45, 2.75) is 32.6 Å². The van der Waals surface area contributed by atoms with Gasteiger partial charge in [0.15, 0.2) is 0 Å². The van der Waals surface area contributed by atoms with E-state index in [1.165, 1.54) is 23.3 Å². The van der Waals surface area contributed by atoms with Crippen LogP contribution < -0.4 is 5.73 Å². The SMILES string of the molecule is Cc1nc2sc3c(c2c(-c2ccc(Cl)cc2)c1C(N)=O)CCCC3. The van der Waals surface area contributed by atoms with E-state index in [1.54, 1.807) is 11.3 Å². The first kappa shape index (κ1) is 15.6. The van der Waals surface area contributed by atoms with Gasteiger partial charge in [0.2, 0.25) is 0 Å². The molecule has 0 atom stereocenters. The number of carbonyl (C=O) groups excluding carboxylic acids is 1. The second-order valence-electron chi connectivity index (χ2n) is 6.21. The summed E-state index contributed by atoms with van der Waals surface area (Å²) >= 11 is 7.80. The molecule has 5 heteroatoms. The molecule has 24 heavy (non-hydrogen) atoms. The lowest BCUT2D eigenvalue weighted by Gasteiger charge is -2.15. The van der Waals surface area contributed by atoms with Crippen molar-refractivity contribution < 1.29 is 4.79 Å². The molecular formula is C19H17ClN2OS. The van der Waals surface area contributed by atoms with E-state index in [9.17, 15) is 4.79 Å². The second-order valence-corrected chi connectivity index (χ2v) is 7.73. The zero-order valence-corrected chi connectivity index (χ0v) is 14.9. The summed E-state index contributed by atoms with van der Waals surface area (Å²) in [5.74, 6) is -0.428. The van der Waals surface area contributed by atoms with Gasteiger partial charge in [-0.2, -0.15) is 0 Å². The minimum Gasteiger partial charge on any atom is -0.366 e. The number of aromatic nitrogens is 1. The molecule has 122 valence electrons. The molecule has 0 saturated heterocycles. The Kier molecular flexibility index (Phi) is 3.82. The van der Waals surface area contributed by atoms with Crippen LogP contribution in [0.3, 0.4) is 0 Å². The zero-order chi connectivity index (χ0) is 16.8. The number of thiophene rings is 1. The van der Waals surface area contributed by atoms with Crippen molar-refractivity contribution in [1.82, 2.24) is 4.98 Å². The van der Waals surface area contributed by atoms with E-state index in [4.69, 9.17) is 22.3 Å². The summed E-state index contributed by atoms with van der Waals surface area (Å²) in [7, 11) is 0. The molecule has 1 aromatic carbocycles. The Hall–Kier alpha value is -1.91. The van der Waals surface area contributed by atoms with Crippen molar-refractivity contribution >= 4 is 39.1 Å². The largest absolute Gasteiger partial charge is 0.366 e. The van der Waals surface area contributed by atoms with Crippen LogP contribution in [0.15, 0.2) is 24.3 Å². The first-order valence-electron chi connectivity index (χ1n) is 8.07.